The second-order valence-corrected chi connectivity index (χ2v) is 10.0. The van der Waals surface area contributed by atoms with Crippen molar-refractivity contribution in [1.29, 1.82) is 0 Å². The van der Waals surface area contributed by atoms with Crippen LogP contribution in [0.1, 0.15) is 36.1 Å². The van der Waals surface area contributed by atoms with Crippen LogP contribution in [0.2, 0.25) is 0 Å². The lowest BCUT2D eigenvalue weighted by atomic mass is 9.74. The SMILES string of the molecule is CC1(C)O[C@@H](C(O)(c2ccccc2)c2ccccc2)[C@H](C(Cl)(c2ccccc2)c2ccccc2)O1. The van der Waals surface area contributed by atoms with E-state index in [1.807, 2.05) is 135 Å². The van der Waals surface area contributed by atoms with E-state index in [0.717, 1.165) is 11.1 Å². The van der Waals surface area contributed by atoms with Crippen LogP contribution >= 0.6 is 11.6 Å². The van der Waals surface area contributed by atoms with Gasteiger partial charge in [0.25, 0.3) is 0 Å². The Morgan fingerprint density at radius 1 is 0.571 bits per heavy atom. The topological polar surface area (TPSA) is 38.7 Å². The summed E-state index contributed by atoms with van der Waals surface area (Å²) in [7, 11) is 0. The third-order valence-electron chi connectivity index (χ3n) is 6.72. The first-order chi connectivity index (χ1) is 16.9. The summed E-state index contributed by atoms with van der Waals surface area (Å²) in [4.78, 5) is -1.13. The van der Waals surface area contributed by atoms with E-state index in [9.17, 15) is 5.11 Å². The fourth-order valence-electron chi connectivity index (χ4n) is 5.09. The van der Waals surface area contributed by atoms with E-state index in [1.54, 1.807) is 0 Å². The molecular formula is C31H29ClO3. The molecule has 4 aromatic carbocycles. The van der Waals surface area contributed by atoms with E-state index >= 15 is 0 Å². The molecule has 0 saturated carbocycles. The molecule has 0 aliphatic carbocycles. The van der Waals surface area contributed by atoms with E-state index in [2.05, 4.69) is 0 Å². The van der Waals surface area contributed by atoms with Gasteiger partial charge in [0.05, 0.1) is 0 Å². The number of hydrogen-bond donors (Lipinski definition) is 1. The number of ether oxygens (including phenoxy) is 2. The van der Waals surface area contributed by atoms with Gasteiger partial charge in [-0.3, -0.25) is 0 Å². The number of hydrogen-bond acceptors (Lipinski definition) is 3. The molecule has 3 nitrogen and oxygen atoms in total. The van der Waals surface area contributed by atoms with Crippen LogP contribution in [0.15, 0.2) is 121 Å². The van der Waals surface area contributed by atoms with Crippen LogP contribution in [0.3, 0.4) is 0 Å². The molecule has 1 aliphatic rings. The van der Waals surface area contributed by atoms with Crippen LogP contribution in [0, 0.1) is 0 Å². The summed E-state index contributed by atoms with van der Waals surface area (Å²) in [6.45, 7) is 3.73. The maximum absolute atomic E-state index is 12.6. The summed E-state index contributed by atoms with van der Waals surface area (Å²) in [6, 6.07) is 39.0. The Balaban J connectivity index is 1.76. The molecule has 0 radical (unpaired) electrons. The Morgan fingerprint density at radius 2 is 0.886 bits per heavy atom. The smallest absolute Gasteiger partial charge is 0.164 e. The van der Waals surface area contributed by atoms with Gasteiger partial charge in [-0.15, -0.1) is 11.6 Å². The second kappa shape index (κ2) is 9.25. The number of halogens is 1. The van der Waals surface area contributed by atoms with Crippen LogP contribution in [0.5, 0.6) is 0 Å². The van der Waals surface area contributed by atoms with Gasteiger partial charge in [0.15, 0.2) is 5.79 Å². The summed E-state index contributed by atoms with van der Waals surface area (Å²) in [6.07, 6.45) is -1.55. The van der Waals surface area contributed by atoms with Crippen molar-refractivity contribution >= 4 is 11.6 Å². The van der Waals surface area contributed by atoms with Crippen molar-refractivity contribution in [1.82, 2.24) is 0 Å². The highest BCUT2D eigenvalue weighted by atomic mass is 35.5. The average Bonchev–Trinajstić information content (AvgIpc) is 3.26. The van der Waals surface area contributed by atoms with Gasteiger partial charge in [-0.1, -0.05) is 121 Å². The standard InChI is InChI=1S/C31H29ClO3/c1-29(2)34-27(30(32,23-15-7-3-8-16-23)24-17-9-4-10-18-24)28(35-29)31(33,25-19-11-5-12-20-25)26-21-13-6-14-22-26/h3-22,27-28,33H,1-2H3/t27-,28-/m1/s1. The van der Waals surface area contributed by atoms with E-state index < -0.39 is 28.5 Å². The molecule has 2 atom stereocenters. The van der Waals surface area contributed by atoms with Gasteiger partial charge >= 0.3 is 0 Å². The normalized spacial score (nSPS) is 20.0. The fraction of sp³-hybridized carbons (Fsp3) is 0.226. The van der Waals surface area contributed by atoms with Crippen molar-refractivity contribution in [3.05, 3.63) is 144 Å². The summed E-state index contributed by atoms with van der Waals surface area (Å²) in [5.41, 5.74) is 1.63. The highest BCUT2D eigenvalue weighted by molar-refractivity contribution is 6.26. The number of aliphatic hydroxyl groups is 1. The lowest BCUT2D eigenvalue weighted by Crippen LogP contribution is -2.53. The molecule has 4 heteroatoms. The van der Waals surface area contributed by atoms with Crippen LogP contribution < -0.4 is 0 Å². The highest BCUT2D eigenvalue weighted by Crippen LogP contribution is 2.52. The summed E-state index contributed by atoms with van der Waals surface area (Å²) in [5.74, 6) is -0.976. The third-order valence-corrected chi connectivity index (χ3v) is 7.37. The molecule has 1 fully saturated rings. The van der Waals surface area contributed by atoms with Gasteiger partial charge in [0.2, 0.25) is 0 Å². The molecule has 0 amide bonds. The van der Waals surface area contributed by atoms with Crippen molar-refractivity contribution < 1.29 is 14.6 Å². The first-order valence-corrected chi connectivity index (χ1v) is 12.2. The molecule has 0 bridgehead atoms. The molecule has 1 heterocycles. The first kappa shape index (κ1) is 23.8. The van der Waals surface area contributed by atoms with Crippen molar-refractivity contribution in [3.63, 3.8) is 0 Å². The quantitative estimate of drug-likeness (QED) is 0.312. The van der Waals surface area contributed by atoms with Gasteiger partial charge in [-0.25, -0.2) is 0 Å². The maximum Gasteiger partial charge on any atom is 0.164 e. The Kier molecular flexibility index (Phi) is 6.29. The van der Waals surface area contributed by atoms with Crippen LogP contribution in [-0.2, 0) is 19.9 Å². The molecule has 1 aliphatic heterocycles. The number of alkyl halides is 1. The summed E-state index contributed by atoms with van der Waals surface area (Å²) >= 11 is 7.68. The Labute approximate surface area is 211 Å². The van der Waals surface area contributed by atoms with Crippen molar-refractivity contribution in [3.8, 4) is 0 Å². The van der Waals surface area contributed by atoms with Crippen LogP contribution in [-0.4, -0.2) is 23.1 Å². The molecular weight excluding hydrogens is 456 g/mol. The van der Waals surface area contributed by atoms with Crippen molar-refractivity contribution in [2.24, 2.45) is 0 Å². The average molecular weight is 485 g/mol. The Morgan fingerprint density at radius 3 is 1.26 bits per heavy atom. The first-order valence-electron chi connectivity index (χ1n) is 11.8. The Hall–Kier alpha value is -2.95. The van der Waals surface area contributed by atoms with E-state index in [-0.39, 0.29) is 0 Å². The molecule has 0 unspecified atom stereocenters. The van der Waals surface area contributed by atoms with Crippen molar-refractivity contribution in [2.75, 3.05) is 0 Å². The molecule has 35 heavy (non-hydrogen) atoms. The lowest BCUT2D eigenvalue weighted by molar-refractivity contribution is -0.166. The largest absolute Gasteiger partial charge is 0.378 e. The Bertz CT molecular complexity index is 1070. The number of benzene rings is 4. The highest BCUT2D eigenvalue weighted by Gasteiger charge is 2.61. The molecule has 1 saturated heterocycles. The van der Waals surface area contributed by atoms with Crippen LogP contribution in [0.25, 0.3) is 0 Å². The third kappa shape index (κ3) is 4.19. The lowest BCUT2D eigenvalue weighted by Gasteiger charge is -2.42. The van der Waals surface area contributed by atoms with E-state index in [1.165, 1.54) is 0 Å². The predicted molar refractivity (Wildman–Crippen MR) is 139 cm³/mol. The number of rotatable bonds is 6. The van der Waals surface area contributed by atoms with E-state index in [4.69, 9.17) is 21.1 Å². The fourth-order valence-corrected chi connectivity index (χ4v) is 5.50. The second-order valence-electron chi connectivity index (χ2n) is 9.42. The van der Waals surface area contributed by atoms with Crippen LogP contribution in [0.4, 0.5) is 0 Å². The maximum atomic E-state index is 12.6. The van der Waals surface area contributed by atoms with Gasteiger partial charge in [0, 0.05) is 0 Å². The van der Waals surface area contributed by atoms with Gasteiger partial charge < -0.3 is 14.6 Å². The zero-order chi connectivity index (χ0) is 24.5. The molecule has 0 aromatic heterocycles. The zero-order valence-electron chi connectivity index (χ0n) is 19.8. The van der Waals surface area contributed by atoms with Gasteiger partial charge in [-0.2, -0.15) is 0 Å². The summed E-state index contributed by atoms with van der Waals surface area (Å²) in [5, 5.41) is 12.6. The minimum Gasteiger partial charge on any atom is -0.378 e. The predicted octanol–water partition coefficient (Wildman–Crippen LogP) is 6.63. The van der Waals surface area contributed by atoms with E-state index in [0.29, 0.717) is 11.1 Å². The minimum absolute atomic E-state index is 0.711. The zero-order valence-corrected chi connectivity index (χ0v) is 20.6. The molecule has 4 aromatic rings. The summed E-state index contributed by atoms with van der Waals surface area (Å²) < 4.78 is 13.2. The van der Waals surface area contributed by atoms with Crippen molar-refractivity contribution in [2.45, 2.75) is 42.3 Å². The molecule has 1 N–H and O–H groups in total. The monoisotopic (exact) mass is 484 g/mol. The minimum atomic E-state index is -1.52. The molecule has 178 valence electrons. The van der Waals surface area contributed by atoms with Gasteiger partial charge in [0.1, 0.15) is 22.7 Å². The van der Waals surface area contributed by atoms with Gasteiger partial charge in [-0.05, 0) is 36.1 Å². The molecule has 5 rings (SSSR count). The molecule has 0 spiro atoms.